The molecule has 0 fully saturated rings. The van der Waals surface area contributed by atoms with Crippen LogP contribution in [0, 0.1) is 6.92 Å². The first-order valence-electron chi connectivity index (χ1n) is 14.6. The lowest BCUT2D eigenvalue weighted by Crippen LogP contribution is -2.53. The highest BCUT2D eigenvalue weighted by molar-refractivity contribution is 7.92. The van der Waals surface area contributed by atoms with Gasteiger partial charge in [0.25, 0.3) is 10.0 Å². The number of carbonyl (C=O) groups is 2. The Hall–Kier alpha value is -4.83. The number of nitrogens with zero attached hydrogens (tertiary/aromatic N) is 2. The summed E-state index contributed by atoms with van der Waals surface area (Å²) >= 11 is 0. The summed E-state index contributed by atoms with van der Waals surface area (Å²) < 4.78 is 40.1. The molecule has 0 saturated carbocycles. The van der Waals surface area contributed by atoms with Gasteiger partial charge in [-0.15, -0.1) is 0 Å². The van der Waals surface area contributed by atoms with E-state index in [9.17, 15) is 18.0 Å². The van der Waals surface area contributed by atoms with Gasteiger partial charge in [-0.25, -0.2) is 8.42 Å². The maximum absolute atomic E-state index is 14.5. The Bertz CT molecular complexity index is 1680. The molecule has 0 spiro atoms. The van der Waals surface area contributed by atoms with Crippen molar-refractivity contribution in [2.45, 2.75) is 37.8 Å². The molecule has 0 unspecified atom stereocenters. The van der Waals surface area contributed by atoms with Gasteiger partial charge in [0.05, 0.1) is 24.8 Å². The summed E-state index contributed by atoms with van der Waals surface area (Å²) in [5, 5.41) is 2.87. The number of sulfonamides is 1. The van der Waals surface area contributed by atoms with E-state index >= 15 is 0 Å². The van der Waals surface area contributed by atoms with E-state index in [0.717, 1.165) is 21.0 Å². The number of hydrogen-bond acceptors (Lipinski definition) is 6. The monoisotopic (exact) mass is 629 g/mol. The molecule has 0 aliphatic rings. The Morgan fingerprint density at radius 1 is 0.800 bits per heavy atom. The van der Waals surface area contributed by atoms with Crippen LogP contribution in [0.4, 0.5) is 5.69 Å². The maximum Gasteiger partial charge on any atom is 0.264 e. The number of aryl methyl sites for hydroxylation is 1. The summed E-state index contributed by atoms with van der Waals surface area (Å²) in [6.07, 6.45) is 0.242. The van der Waals surface area contributed by atoms with Gasteiger partial charge in [-0.2, -0.15) is 0 Å². The molecule has 0 aliphatic heterocycles. The van der Waals surface area contributed by atoms with Gasteiger partial charge in [0.2, 0.25) is 11.8 Å². The molecule has 2 amide bonds. The summed E-state index contributed by atoms with van der Waals surface area (Å²) in [6, 6.07) is 28.8. The zero-order valence-corrected chi connectivity index (χ0v) is 26.8. The van der Waals surface area contributed by atoms with Gasteiger partial charge in [0, 0.05) is 25.6 Å². The van der Waals surface area contributed by atoms with Gasteiger partial charge < -0.3 is 19.7 Å². The zero-order valence-electron chi connectivity index (χ0n) is 26.0. The van der Waals surface area contributed by atoms with Crippen molar-refractivity contribution >= 4 is 27.5 Å². The average molecular weight is 630 g/mol. The molecule has 0 radical (unpaired) electrons. The molecule has 0 saturated heterocycles. The first-order chi connectivity index (χ1) is 21.7. The fourth-order valence-corrected chi connectivity index (χ4v) is 6.39. The second-order valence-corrected chi connectivity index (χ2v) is 12.3. The third kappa shape index (κ3) is 8.21. The lowest BCUT2D eigenvalue weighted by Gasteiger charge is -2.34. The SMILES string of the molecule is CCNC(=O)[C@H](Cc1ccccc1)N(Cc1ccc(C)cc1)C(=O)CN(c1ccc(OC)c(OC)c1)S(=O)(=O)c1ccccc1. The minimum atomic E-state index is -4.23. The molecule has 1 N–H and O–H groups in total. The number of rotatable bonds is 14. The van der Waals surface area contributed by atoms with Crippen LogP contribution in [-0.2, 0) is 32.6 Å². The van der Waals surface area contributed by atoms with Crippen molar-refractivity contribution in [2.75, 3.05) is 31.6 Å². The Kier molecular flexibility index (Phi) is 11.2. The summed E-state index contributed by atoms with van der Waals surface area (Å²) in [4.78, 5) is 29.6. The molecule has 4 aromatic carbocycles. The van der Waals surface area contributed by atoms with Crippen molar-refractivity contribution < 1.29 is 27.5 Å². The van der Waals surface area contributed by atoms with Gasteiger partial charge in [0.1, 0.15) is 12.6 Å². The molecule has 45 heavy (non-hydrogen) atoms. The third-order valence-corrected chi connectivity index (χ3v) is 9.15. The number of ether oxygens (including phenoxy) is 2. The number of methoxy groups -OCH3 is 2. The second-order valence-electron chi connectivity index (χ2n) is 10.5. The van der Waals surface area contributed by atoms with Gasteiger partial charge in [-0.05, 0) is 49.2 Å². The highest BCUT2D eigenvalue weighted by Gasteiger charge is 2.34. The first kappa shape index (κ1) is 33.1. The average Bonchev–Trinajstić information content (AvgIpc) is 3.06. The van der Waals surface area contributed by atoms with Crippen LogP contribution in [-0.4, -0.2) is 58.5 Å². The third-order valence-electron chi connectivity index (χ3n) is 7.36. The predicted octanol–water partition coefficient (Wildman–Crippen LogP) is 4.98. The Morgan fingerprint density at radius 3 is 2.02 bits per heavy atom. The topological polar surface area (TPSA) is 105 Å². The number of hydrogen-bond donors (Lipinski definition) is 1. The summed E-state index contributed by atoms with van der Waals surface area (Å²) in [5.74, 6) is -0.163. The van der Waals surface area contributed by atoms with Gasteiger partial charge in [-0.3, -0.25) is 13.9 Å². The van der Waals surface area contributed by atoms with E-state index in [-0.39, 0.29) is 29.5 Å². The van der Waals surface area contributed by atoms with Crippen molar-refractivity contribution in [2.24, 2.45) is 0 Å². The van der Waals surface area contributed by atoms with E-state index in [1.165, 1.54) is 37.3 Å². The lowest BCUT2D eigenvalue weighted by atomic mass is 10.0. The molecule has 0 aliphatic carbocycles. The van der Waals surface area contributed by atoms with E-state index in [1.807, 2.05) is 68.4 Å². The van der Waals surface area contributed by atoms with E-state index in [2.05, 4.69) is 5.32 Å². The number of benzene rings is 4. The maximum atomic E-state index is 14.5. The number of anilines is 1. The van der Waals surface area contributed by atoms with Gasteiger partial charge >= 0.3 is 0 Å². The van der Waals surface area contributed by atoms with Gasteiger partial charge in [-0.1, -0.05) is 78.4 Å². The highest BCUT2D eigenvalue weighted by atomic mass is 32.2. The highest BCUT2D eigenvalue weighted by Crippen LogP contribution is 2.34. The lowest BCUT2D eigenvalue weighted by molar-refractivity contribution is -0.140. The van der Waals surface area contributed by atoms with Crippen LogP contribution < -0.4 is 19.1 Å². The summed E-state index contributed by atoms with van der Waals surface area (Å²) in [6.45, 7) is 3.68. The van der Waals surface area contributed by atoms with E-state index < -0.39 is 28.5 Å². The van der Waals surface area contributed by atoms with E-state index in [4.69, 9.17) is 9.47 Å². The van der Waals surface area contributed by atoms with Crippen LogP contribution in [0.5, 0.6) is 11.5 Å². The van der Waals surface area contributed by atoms with Crippen molar-refractivity contribution in [1.29, 1.82) is 0 Å². The summed E-state index contributed by atoms with van der Waals surface area (Å²) in [7, 11) is -1.30. The number of amides is 2. The molecule has 4 aromatic rings. The fourth-order valence-electron chi connectivity index (χ4n) is 4.96. The van der Waals surface area contributed by atoms with E-state index in [0.29, 0.717) is 18.0 Å². The molecular weight excluding hydrogens is 590 g/mol. The molecular formula is C35H39N3O6S. The molecule has 10 heteroatoms. The van der Waals surface area contributed by atoms with Crippen LogP contribution in [0.1, 0.15) is 23.6 Å². The molecule has 4 rings (SSSR count). The fraction of sp³-hybridized carbons (Fsp3) is 0.257. The number of carbonyl (C=O) groups excluding carboxylic acids is 2. The normalized spacial score (nSPS) is 11.7. The minimum absolute atomic E-state index is 0.0160. The van der Waals surface area contributed by atoms with Crippen LogP contribution in [0.15, 0.2) is 108 Å². The molecule has 236 valence electrons. The summed E-state index contributed by atoms with van der Waals surface area (Å²) in [5.41, 5.74) is 2.93. The predicted molar refractivity (Wildman–Crippen MR) is 175 cm³/mol. The molecule has 0 heterocycles. The number of nitrogens with one attached hydrogen (secondary N) is 1. The molecule has 0 bridgehead atoms. The van der Waals surface area contributed by atoms with Gasteiger partial charge in [0.15, 0.2) is 11.5 Å². The van der Waals surface area contributed by atoms with Crippen molar-refractivity contribution in [3.63, 3.8) is 0 Å². The van der Waals surface area contributed by atoms with Crippen LogP contribution in [0.2, 0.25) is 0 Å². The van der Waals surface area contributed by atoms with Crippen LogP contribution in [0.3, 0.4) is 0 Å². The zero-order chi connectivity index (χ0) is 32.4. The van der Waals surface area contributed by atoms with Crippen molar-refractivity contribution in [3.05, 3.63) is 120 Å². The number of likely N-dealkylation sites (N-methyl/N-ethyl adjacent to an activating group) is 1. The first-order valence-corrected chi connectivity index (χ1v) is 16.1. The molecule has 9 nitrogen and oxygen atoms in total. The standard InChI is InChI=1S/C35H39N3O6S/c1-5-36-35(40)31(22-27-12-8-6-9-13-27)37(24-28-18-16-26(2)17-19-28)34(39)25-38(45(41,42)30-14-10-7-11-15-30)29-20-21-32(43-3)33(23-29)44-4/h6-21,23,31H,5,22,24-25H2,1-4H3,(H,36,40)/t31-/m0/s1. The smallest absolute Gasteiger partial charge is 0.264 e. The molecule has 1 atom stereocenters. The Balaban J connectivity index is 1.82. The van der Waals surface area contributed by atoms with Crippen LogP contribution in [0.25, 0.3) is 0 Å². The minimum Gasteiger partial charge on any atom is -0.493 e. The van der Waals surface area contributed by atoms with E-state index in [1.54, 1.807) is 30.3 Å². The quantitative estimate of drug-likeness (QED) is 0.211. The Morgan fingerprint density at radius 2 is 1.42 bits per heavy atom. The second kappa shape index (κ2) is 15.3. The van der Waals surface area contributed by atoms with Crippen LogP contribution >= 0.6 is 0 Å². The van der Waals surface area contributed by atoms with Crippen molar-refractivity contribution in [1.82, 2.24) is 10.2 Å². The largest absolute Gasteiger partial charge is 0.493 e. The molecule has 0 aromatic heterocycles. The Labute approximate surface area is 265 Å². The van der Waals surface area contributed by atoms with Crippen molar-refractivity contribution in [3.8, 4) is 11.5 Å².